The molecule has 4 aliphatic rings. The third kappa shape index (κ3) is 5.87. The van der Waals surface area contributed by atoms with Gasteiger partial charge in [-0.2, -0.15) is 5.26 Å². The van der Waals surface area contributed by atoms with E-state index >= 15 is 0 Å². The number of benzene rings is 2. The first-order valence-electron chi connectivity index (χ1n) is 15.8. The fraction of sp³-hybridized carbons (Fsp3) is 0.588. The number of anilines is 1. The lowest BCUT2D eigenvalue weighted by Gasteiger charge is -2.55. The van der Waals surface area contributed by atoms with Gasteiger partial charge in [-0.05, 0) is 125 Å². The van der Waals surface area contributed by atoms with Gasteiger partial charge in [-0.15, -0.1) is 0 Å². The lowest BCUT2D eigenvalue weighted by atomic mass is 9.57. The van der Waals surface area contributed by atoms with Crippen molar-refractivity contribution in [2.24, 2.45) is 11.8 Å². The highest BCUT2D eigenvalue weighted by Crippen LogP contribution is 2.52. The van der Waals surface area contributed by atoms with Crippen molar-refractivity contribution < 1.29 is 13.9 Å². The smallest absolute Gasteiger partial charge is 0.407 e. The van der Waals surface area contributed by atoms with E-state index < -0.39 is 0 Å². The summed E-state index contributed by atoms with van der Waals surface area (Å²) in [6, 6.07) is 18.3. The second kappa shape index (κ2) is 12.6. The zero-order valence-electron chi connectivity index (χ0n) is 24.7. The number of rotatable bonds is 9. The van der Waals surface area contributed by atoms with Gasteiger partial charge in [0.25, 0.3) is 0 Å². The summed E-state index contributed by atoms with van der Waals surface area (Å²) in [6.07, 6.45) is 8.29. The number of ether oxygens (including phenoxy) is 1. The molecular weight excluding hydrogens is 529 g/mol. The molecule has 224 valence electrons. The van der Waals surface area contributed by atoms with Crippen LogP contribution in [-0.4, -0.2) is 73.9 Å². The molecule has 3 atom stereocenters. The Morgan fingerprint density at radius 3 is 2.45 bits per heavy atom. The second-order valence-corrected chi connectivity index (χ2v) is 12.9. The van der Waals surface area contributed by atoms with Crippen molar-refractivity contribution in [1.29, 1.82) is 5.26 Å². The zero-order valence-corrected chi connectivity index (χ0v) is 24.7. The lowest BCUT2D eigenvalue weighted by Crippen LogP contribution is -2.60. The van der Waals surface area contributed by atoms with Crippen molar-refractivity contribution in [3.8, 4) is 6.07 Å². The monoisotopic (exact) mass is 573 g/mol. The number of hydrogen-bond donors (Lipinski definition) is 2. The largest absolute Gasteiger partial charge is 0.453 e. The Balaban J connectivity index is 1.18. The molecule has 1 amide bonds. The maximum Gasteiger partial charge on any atom is 0.407 e. The quantitative estimate of drug-likeness (QED) is 0.411. The molecule has 2 heterocycles. The number of alkyl carbamates (subject to hydrolysis) is 1. The molecular formula is C34H44FN5O2. The van der Waals surface area contributed by atoms with Gasteiger partial charge in [-0.1, -0.05) is 18.6 Å². The molecule has 6 rings (SSSR count). The first-order valence-corrected chi connectivity index (χ1v) is 15.8. The van der Waals surface area contributed by atoms with Crippen LogP contribution in [0.4, 0.5) is 14.9 Å². The summed E-state index contributed by atoms with van der Waals surface area (Å²) in [7, 11) is 1.43. The number of halogens is 1. The minimum atomic E-state index is -0.368. The molecule has 0 bridgehead atoms. The number of carbonyl (C=O) groups is 1. The number of carbonyl (C=O) groups excluding carboxylic acids is 1. The van der Waals surface area contributed by atoms with Gasteiger partial charge in [0.15, 0.2) is 0 Å². The molecule has 0 unspecified atom stereocenters. The molecule has 2 saturated heterocycles. The molecule has 2 N–H and O–H groups in total. The van der Waals surface area contributed by atoms with Crippen molar-refractivity contribution in [3.63, 3.8) is 0 Å². The summed E-state index contributed by atoms with van der Waals surface area (Å²) < 4.78 is 19.9. The molecule has 2 aromatic rings. The minimum absolute atomic E-state index is 0.0284. The Kier molecular flexibility index (Phi) is 8.69. The van der Waals surface area contributed by atoms with E-state index in [0.717, 1.165) is 88.9 Å². The van der Waals surface area contributed by atoms with E-state index in [2.05, 4.69) is 32.6 Å². The van der Waals surface area contributed by atoms with E-state index in [0.29, 0.717) is 23.6 Å². The Morgan fingerprint density at radius 2 is 1.81 bits per heavy atom. The van der Waals surface area contributed by atoms with E-state index in [1.54, 1.807) is 12.1 Å². The van der Waals surface area contributed by atoms with Crippen molar-refractivity contribution in [1.82, 2.24) is 15.1 Å². The van der Waals surface area contributed by atoms with Gasteiger partial charge >= 0.3 is 6.09 Å². The van der Waals surface area contributed by atoms with Crippen LogP contribution in [0.15, 0.2) is 48.5 Å². The van der Waals surface area contributed by atoms with Gasteiger partial charge in [0.05, 0.1) is 18.7 Å². The van der Waals surface area contributed by atoms with Crippen molar-refractivity contribution in [2.45, 2.75) is 74.9 Å². The van der Waals surface area contributed by atoms with Gasteiger partial charge < -0.3 is 25.2 Å². The topological polar surface area (TPSA) is 80.6 Å². The molecule has 8 heteroatoms. The highest BCUT2D eigenvalue weighted by molar-refractivity contribution is 5.67. The van der Waals surface area contributed by atoms with Gasteiger partial charge in [-0.25, -0.2) is 9.18 Å². The molecule has 0 aromatic heterocycles. The number of nitrogens with zero attached hydrogens (tertiary/aromatic N) is 3. The maximum absolute atomic E-state index is 14.9. The second-order valence-electron chi connectivity index (χ2n) is 12.9. The van der Waals surface area contributed by atoms with Crippen LogP contribution in [0.3, 0.4) is 0 Å². The van der Waals surface area contributed by atoms with Crippen LogP contribution >= 0.6 is 0 Å². The molecule has 42 heavy (non-hydrogen) atoms. The predicted octanol–water partition coefficient (Wildman–Crippen LogP) is 5.52. The molecule has 4 fully saturated rings. The summed E-state index contributed by atoms with van der Waals surface area (Å²) in [5, 5.41) is 15.9. The molecule has 2 aliphatic carbocycles. The zero-order chi connectivity index (χ0) is 29.1. The normalized spacial score (nSPS) is 28.1. The fourth-order valence-corrected chi connectivity index (χ4v) is 8.40. The van der Waals surface area contributed by atoms with Crippen LogP contribution in [0.1, 0.15) is 62.5 Å². The summed E-state index contributed by atoms with van der Waals surface area (Å²) in [5.41, 5.74) is 2.64. The van der Waals surface area contributed by atoms with Crippen molar-refractivity contribution >= 4 is 11.8 Å². The first-order chi connectivity index (χ1) is 20.5. The van der Waals surface area contributed by atoms with E-state index in [-0.39, 0.29) is 29.3 Å². The van der Waals surface area contributed by atoms with Crippen LogP contribution < -0.4 is 10.6 Å². The molecule has 0 spiro atoms. The average Bonchev–Trinajstić information content (AvgIpc) is 3.43. The Labute approximate surface area is 249 Å². The molecule has 7 nitrogen and oxygen atoms in total. The molecule has 0 radical (unpaired) electrons. The average molecular weight is 574 g/mol. The third-order valence-electron chi connectivity index (χ3n) is 10.7. The summed E-state index contributed by atoms with van der Waals surface area (Å²) in [5.74, 6) is 0.470. The number of piperidine rings is 1. The SMILES string of the molecule is COC(=O)N[C@H]1CCC[C@@H]1[C@](CN1CCC1)(c1cccc(F)c1)C1CCN(C2CC(Nc3ccc(C#N)cc3)C2)CC1. The van der Waals surface area contributed by atoms with Crippen molar-refractivity contribution in [3.05, 3.63) is 65.5 Å². The van der Waals surface area contributed by atoms with E-state index in [9.17, 15) is 9.18 Å². The van der Waals surface area contributed by atoms with Crippen LogP contribution in [0.25, 0.3) is 0 Å². The summed E-state index contributed by atoms with van der Waals surface area (Å²) in [6.45, 7) is 5.21. The highest BCUT2D eigenvalue weighted by atomic mass is 19.1. The van der Waals surface area contributed by atoms with Crippen molar-refractivity contribution in [2.75, 3.05) is 45.2 Å². The number of nitriles is 1. The van der Waals surface area contributed by atoms with Crippen LogP contribution in [0.5, 0.6) is 0 Å². The summed E-state index contributed by atoms with van der Waals surface area (Å²) in [4.78, 5) is 17.6. The number of likely N-dealkylation sites (tertiary alicyclic amines) is 2. The third-order valence-corrected chi connectivity index (χ3v) is 10.7. The first kappa shape index (κ1) is 28.9. The number of nitrogens with one attached hydrogen (secondary N) is 2. The standard InChI is InChI=1S/C34H44FN5O2/c1-42-33(41)38-32-8-3-7-31(32)34(23-39-15-4-16-39,26-5-2-6-27(35)19-26)25-13-17-40(18-14-25)30-20-29(21-30)37-28-11-9-24(22-36)10-12-28/h2,5-6,9-12,19,25,29-32,37H,3-4,7-8,13-18,20-21,23H2,1H3,(H,38,41)/t29?,30?,31-,32-,34-/m0/s1. The number of hydrogen-bond acceptors (Lipinski definition) is 6. The predicted molar refractivity (Wildman–Crippen MR) is 162 cm³/mol. The van der Waals surface area contributed by atoms with Gasteiger partial charge in [0, 0.05) is 35.8 Å². The minimum Gasteiger partial charge on any atom is -0.453 e. The maximum atomic E-state index is 14.9. The van der Waals surface area contributed by atoms with Crippen LogP contribution in [-0.2, 0) is 10.2 Å². The van der Waals surface area contributed by atoms with Gasteiger partial charge in [0.1, 0.15) is 5.82 Å². The van der Waals surface area contributed by atoms with Gasteiger partial charge in [0.2, 0.25) is 0 Å². The van der Waals surface area contributed by atoms with E-state index in [4.69, 9.17) is 10.00 Å². The molecule has 2 saturated carbocycles. The Bertz CT molecular complexity index is 1260. The number of amides is 1. The van der Waals surface area contributed by atoms with Crippen LogP contribution in [0, 0.1) is 29.0 Å². The fourth-order valence-electron chi connectivity index (χ4n) is 8.40. The number of methoxy groups -OCH3 is 1. The molecule has 2 aromatic carbocycles. The van der Waals surface area contributed by atoms with E-state index in [1.165, 1.54) is 13.5 Å². The Morgan fingerprint density at radius 1 is 1.05 bits per heavy atom. The molecule has 2 aliphatic heterocycles. The van der Waals surface area contributed by atoms with Gasteiger partial charge in [-0.3, -0.25) is 0 Å². The Hall–Kier alpha value is -3.15. The summed E-state index contributed by atoms with van der Waals surface area (Å²) >= 11 is 0. The lowest BCUT2D eigenvalue weighted by molar-refractivity contribution is 0.00658. The van der Waals surface area contributed by atoms with E-state index in [1.807, 2.05) is 30.3 Å². The van der Waals surface area contributed by atoms with Crippen LogP contribution in [0.2, 0.25) is 0 Å². The highest BCUT2D eigenvalue weighted by Gasteiger charge is 2.53.